The van der Waals surface area contributed by atoms with Crippen LogP contribution in [0.25, 0.3) is 0 Å². The number of anilines is 1. The first kappa shape index (κ1) is 13.5. The van der Waals surface area contributed by atoms with Crippen LogP contribution >= 0.6 is 38.9 Å². The van der Waals surface area contributed by atoms with E-state index in [1.54, 1.807) is 0 Å². The molecule has 0 radical (unpaired) electrons. The summed E-state index contributed by atoms with van der Waals surface area (Å²) < 4.78 is 0. The van der Waals surface area contributed by atoms with Crippen LogP contribution in [0.2, 0.25) is 5.02 Å². The molecule has 1 unspecified atom stereocenters. The Balaban J connectivity index is 2.02. The van der Waals surface area contributed by atoms with Gasteiger partial charge in [0.05, 0.1) is 6.04 Å². The maximum Gasteiger partial charge on any atom is 0.0525 e. The summed E-state index contributed by atoms with van der Waals surface area (Å²) in [4.78, 5) is 4.00. The van der Waals surface area contributed by atoms with E-state index in [1.165, 1.54) is 21.7 Å². The van der Waals surface area contributed by atoms with Gasteiger partial charge in [-0.2, -0.15) is 0 Å². The van der Waals surface area contributed by atoms with Gasteiger partial charge in [-0.25, -0.2) is 0 Å². The summed E-state index contributed by atoms with van der Waals surface area (Å²) in [5.74, 6) is 0. The first-order chi connectivity index (χ1) is 9.20. The summed E-state index contributed by atoms with van der Waals surface area (Å²) in [5.41, 5.74) is 4.03. The van der Waals surface area contributed by atoms with E-state index in [1.807, 2.05) is 17.4 Å². The molecule has 2 aromatic rings. The van der Waals surface area contributed by atoms with Crippen molar-refractivity contribution in [1.29, 1.82) is 0 Å². The fraction of sp³-hybridized carbons (Fsp3) is 0.333. The Hall–Kier alpha value is -0.510. The van der Waals surface area contributed by atoms with Crippen LogP contribution in [0.1, 0.15) is 29.0 Å². The summed E-state index contributed by atoms with van der Waals surface area (Å²) in [5, 5.41) is 3.87. The average Bonchev–Trinajstić information content (AvgIpc) is 2.88. The molecule has 0 saturated carbocycles. The topological polar surface area (TPSA) is 3.24 Å². The lowest BCUT2D eigenvalue weighted by Crippen LogP contribution is -2.33. The zero-order valence-corrected chi connectivity index (χ0v) is 13.9. The molecule has 1 aromatic carbocycles. The Morgan fingerprint density at radius 2 is 2.26 bits per heavy atom. The monoisotopic (exact) mass is 355 g/mol. The number of halogens is 2. The Bertz CT molecular complexity index is 596. The molecular formula is C15H15BrClNS. The predicted molar refractivity (Wildman–Crippen MR) is 87.9 cm³/mol. The van der Waals surface area contributed by atoms with Crippen molar-refractivity contribution in [1.82, 2.24) is 0 Å². The molecule has 1 atom stereocenters. The molecule has 0 fully saturated rings. The molecule has 1 aliphatic rings. The SMILES string of the molecule is CC1c2ccsc2CCN1c1cc(Cl)ccc1CBr. The highest BCUT2D eigenvalue weighted by molar-refractivity contribution is 9.08. The average molecular weight is 357 g/mol. The minimum Gasteiger partial charge on any atom is -0.364 e. The molecule has 3 rings (SSSR count). The van der Waals surface area contributed by atoms with E-state index < -0.39 is 0 Å². The van der Waals surface area contributed by atoms with E-state index in [-0.39, 0.29) is 0 Å². The van der Waals surface area contributed by atoms with Gasteiger partial charge in [-0.15, -0.1) is 11.3 Å². The third-order valence-corrected chi connectivity index (χ3v) is 5.61. The lowest BCUT2D eigenvalue weighted by atomic mass is 9.99. The molecule has 0 amide bonds. The Kier molecular flexibility index (Phi) is 3.88. The number of thiophene rings is 1. The third-order valence-electron chi connectivity index (χ3n) is 3.78. The van der Waals surface area contributed by atoms with Crippen molar-refractivity contribution in [3.63, 3.8) is 0 Å². The van der Waals surface area contributed by atoms with Gasteiger partial charge in [0.15, 0.2) is 0 Å². The Labute approximate surface area is 131 Å². The molecule has 1 aromatic heterocycles. The van der Waals surface area contributed by atoms with Crippen LogP contribution in [0.4, 0.5) is 5.69 Å². The second-order valence-corrected chi connectivity index (χ2v) is 6.82. The highest BCUT2D eigenvalue weighted by Crippen LogP contribution is 2.38. The molecule has 1 nitrogen and oxygen atoms in total. The van der Waals surface area contributed by atoms with Crippen LogP contribution < -0.4 is 4.90 Å². The van der Waals surface area contributed by atoms with Crippen molar-refractivity contribution in [3.8, 4) is 0 Å². The molecule has 19 heavy (non-hydrogen) atoms. The lowest BCUT2D eigenvalue weighted by Gasteiger charge is -2.36. The molecule has 100 valence electrons. The quantitative estimate of drug-likeness (QED) is 0.649. The molecule has 0 bridgehead atoms. The summed E-state index contributed by atoms with van der Waals surface area (Å²) in [7, 11) is 0. The van der Waals surface area contributed by atoms with Crippen molar-refractivity contribution in [2.24, 2.45) is 0 Å². The Morgan fingerprint density at radius 3 is 3.05 bits per heavy atom. The standard InChI is InChI=1S/C15H15BrClNS/c1-10-13-5-7-19-15(13)4-6-18(10)14-8-12(17)3-2-11(14)9-16/h2-3,5,7-8,10H,4,6,9H2,1H3. The van der Waals surface area contributed by atoms with Crippen LogP contribution in [0.3, 0.4) is 0 Å². The number of hydrogen-bond donors (Lipinski definition) is 0. The second-order valence-electron chi connectivity index (χ2n) is 4.83. The molecule has 0 spiro atoms. The van der Waals surface area contributed by atoms with Crippen LogP contribution in [0.15, 0.2) is 29.6 Å². The van der Waals surface area contributed by atoms with Gasteiger partial charge >= 0.3 is 0 Å². The zero-order chi connectivity index (χ0) is 13.4. The number of hydrogen-bond acceptors (Lipinski definition) is 2. The van der Waals surface area contributed by atoms with E-state index in [9.17, 15) is 0 Å². The summed E-state index contributed by atoms with van der Waals surface area (Å²) in [6, 6.07) is 8.85. The number of nitrogens with zero attached hydrogens (tertiary/aromatic N) is 1. The minimum absolute atomic E-state index is 0.422. The van der Waals surface area contributed by atoms with Crippen LogP contribution in [-0.2, 0) is 11.8 Å². The maximum absolute atomic E-state index is 6.18. The minimum atomic E-state index is 0.422. The van der Waals surface area contributed by atoms with Crippen LogP contribution in [0.5, 0.6) is 0 Å². The number of fused-ring (bicyclic) bond motifs is 1. The second kappa shape index (κ2) is 5.47. The van der Waals surface area contributed by atoms with Crippen molar-refractivity contribution < 1.29 is 0 Å². The van der Waals surface area contributed by atoms with Gasteiger partial charge in [0.2, 0.25) is 0 Å². The Morgan fingerprint density at radius 1 is 1.42 bits per heavy atom. The van der Waals surface area contributed by atoms with E-state index in [4.69, 9.17) is 11.6 Å². The molecule has 4 heteroatoms. The smallest absolute Gasteiger partial charge is 0.0525 e. The molecule has 0 aliphatic carbocycles. The molecule has 1 aliphatic heterocycles. The van der Waals surface area contributed by atoms with Crippen LogP contribution in [-0.4, -0.2) is 6.54 Å². The van der Waals surface area contributed by atoms with Gasteiger partial charge in [-0.05, 0) is 48.1 Å². The highest BCUT2D eigenvalue weighted by atomic mass is 79.9. The molecule has 2 heterocycles. The number of rotatable bonds is 2. The molecule has 0 saturated heterocycles. The normalized spacial score (nSPS) is 18.5. The van der Waals surface area contributed by atoms with Gasteiger partial charge < -0.3 is 4.90 Å². The van der Waals surface area contributed by atoms with Gasteiger partial charge in [0, 0.05) is 27.5 Å². The van der Waals surface area contributed by atoms with Gasteiger partial charge in [-0.3, -0.25) is 0 Å². The van der Waals surface area contributed by atoms with Crippen molar-refractivity contribution in [3.05, 3.63) is 50.7 Å². The van der Waals surface area contributed by atoms with Gasteiger partial charge in [-0.1, -0.05) is 33.6 Å². The van der Waals surface area contributed by atoms with Crippen molar-refractivity contribution >= 4 is 44.6 Å². The van der Waals surface area contributed by atoms with Gasteiger partial charge in [0.25, 0.3) is 0 Å². The maximum atomic E-state index is 6.18. The van der Waals surface area contributed by atoms with Gasteiger partial charge in [0.1, 0.15) is 0 Å². The first-order valence-electron chi connectivity index (χ1n) is 6.38. The van der Waals surface area contributed by atoms with E-state index in [0.29, 0.717) is 6.04 Å². The summed E-state index contributed by atoms with van der Waals surface area (Å²) in [6.45, 7) is 3.35. The number of benzene rings is 1. The predicted octanol–water partition coefficient (Wildman–Crippen LogP) is 5.42. The highest BCUT2D eigenvalue weighted by Gasteiger charge is 2.26. The van der Waals surface area contributed by atoms with Crippen molar-refractivity contribution in [2.45, 2.75) is 24.7 Å². The fourth-order valence-electron chi connectivity index (χ4n) is 2.76. The van der Waals surface area contributed by atoms with Crippen LogP contribution in [0, 0.1) is 0 Å². The largest absolute Gasteiger partial charge is 0.364 e. The lowest BCUT2D eigenvalue weighted by molar-refractivity contribution is 0.631. The first-order valence-corrected chi connectivity index (χ1v) is 8.76. The summed E-state index contributed by atoms with van der Waals surface area (Å²) >= 11 is 11.6. The fourth-order valence-corrected chi connectivity index (χ4v) is 4.36. The molecule has 0 N–H and O–H groups in total. The van der Waals surface area contributed by atoms with Crippen molar-refractivity contribution in [2.75, 3.05) is 11.4 Å². The van der Waals surface area contributed by atoms with E-state index in [0.717, 1.165) is 23.3 Å². The number of alkyl halides is 1. The summed E-state index contributed by atoms with van der Waals surface area (Å²) in [6.07, 6.45) is 1.13. The zero-order valence-electron chi connectivity index (χ0n) is 10.7. The van der Waals surface area contributed by atoms with E-state index >= 15 is 0 Å². The third kappa shape index (κ3) is 2.44. The molecular weight excluding hydrogens is 342 g/mol. The van der Waals surface area contributed by atoms with E-state index in [2.05, 4.69) is 51.3 Å².